The molecule has 2 amide bonds. The number of carbonyl (C=O) groups excluding carboxylic acids is 1. The zero-order valence-electron chi connectivity index (χ0n) is 14.3. The van der Waals surface area contributed by atoms with Crippen LogP contribution < -0.4 is 10.2 Å². The van der Waals surface area contributed by atoms with E-state index in [1.807, 2.05) is 13.0 Å². The Balaban J connectivity index is 2.01. The molecule has 0 bridgehead atoms. The second-order valence-corrected chi connectivity index (χ2v) is 6.19. The van der Waals surface area contributed by atoms with Gasteiger partial charge in [-0.05, 0) is 49.9 Å². The van der Waals surface area contributed by atoms with Crippen LogP contribution in [0.5, 0.6) is 0 Å². The molecular weight excluding hydrogens is 290 g/mol. The maximum absolute atomic E-state index is 12.4. The number of rotatable bonds is 7. The number of anilines is 2. The Labute approximate surface area is 139 Å². The van der Waals surface area contributed by atoms with Gasteiger partial charge in [0, 0.05) is 37.6 Å². The molecule has 1 heterocycles. The Morgan fingerprint density at radius 2 is 2.04 bits per heavy atom. The summed E-state index contributed by atoms with van der Waals surface area (Å²) < 4.78 is 0. The van der Waals surface area contributed by atoms with Gasteiger partial charge in [-0.15, -0.1) is 0 Å². The fourth-order valence-corrected chi connectivity index (χ4v) is 2.94. The minimum absolute atomic E-state index is 0.00991. The third-order valence-corrected chi connectivity index (χ3v) is 4.36. The molecule has 0 saturated carbocycles. The number of aliphatic hydroxyl groups excluding tert-OH is 1. The van der Waals surface area contributed by atoms with Crippen molar-refractivity contribution in [2.45, 2.75) is 39.5 Å². The predicted octanol–water partition coefficient (Wildman–Crippen LogP) is 3.22. The summed E-state index contributed by atoms with van der Waals surface area (Å²) in [6.07, 6.45) is 4.48. The molecule has 1 fully saturated rings. The van der Waals surface area contributed by atoms with Crippen LogP contribution in [0.2, 0.25) is 0 Å². The second-order valence-electron chi connectivity index (χ2n) is 6.19. The molecule has 5 nitrogen and oxygen atoms in total. The van der Waals surface area contributed by atoms with E-state index in [1.54, 1.807) is 4.90 Å². The van der Waals surface area contributed by atoms with E-state index < -0.39 is 0 Å². The summed E-state index contributed by atoms with van der Waals surface area (Å²) >= 11 is 0. The van der Waals surface area contributed by atoms with E-state index in [9.17, 15) is 4.79 Å². The molecule has 1 aromatic rings. The first-order valence-corrected chi connectivity index (χ1v) is 8.68. The molecule has 1 aliphatic rings. The zero-order chi connectivity index (χ0) is 16.7. The molecule has 0 radical (unpaired) electrons. The first-order chi connectivity index (χ1) is 11.2. The van der Waals surface area contributed by atoms with Crippen LogP contribution in [0.1, 0.15) is 38.2 Å². The number of unbranched alkanes of at least 4 members (excludes halogenated alkanes) is 1. The van der Waals surface area contributed by atoms with Gasteiger partial charge in [0.1, 0.15) is 0 Å². The standard InChI is InChI=1S/C18H29N3O2/c1-3-4-9-21(12-13-22)18(23)19-17-8-7-16(14-15(17)2)20-10-5-6-11-20/h7-8,14,22H,3-6,9-13H2,1-2H3,(H,19,23). The van der Waals surface area contributed by atoms with Crippen molar-refractivity contribution >= 4 is 17.4 Å². The molecular formula is C18H29N3O2. The molecule has 0 spiro atoms. The quantitative estimate of drug-likeness (QED) is 0.811. The number of benzene rings is 1. The normalized spacial score (nSPS) is 14.1. The average Bonchev–Trinajstić information content (AvgIpc) is 3.07. The lowest BCUT2D eigenvalue weighted by molar-refractivity contribution is 0.187. The van der Waals surface area contributed by atoms with Crippen molar-refractivity contribution < 1.29 is 9.90 Å². The lowest BCUT2D eigenvalue weighted by atomic mass is 10.1. The summed E-state index contributed by atoms with van der Waals surface area (Å²) in [5.74, 6) is 0. The third-order valence-electron chi connectivity index (χ3n) is 4.36. The summed E-state index contributed by atoms with van der Waals surface area (Å²) in [7, 11) is 0. The van der Waals surface area contributed by atoms with E-state index in [4.69, 9.17) is 5.11 Å². The molecule has 1 aromatic carbocycles. The van der Waals surface area contributed by atoms with Gasteiger partial charge in [-0.3, -0.25) is 0 Å². The molecule has 5 heteroatoms. The van der Waals surface area contributed by atoms with Crippen molar-refractivity contribution in [2.24, 2.45) is 0 Å². The topological polar surface area (TPSA) is 55.8 Å². The molecule has 0 atom stereocenters. The molecule has 128 valence electrons. The van der Waals surface area contributed by atoms with Crippen LogP contribution in [0.25, 0.3) is 0 Å². The van der Waals surface area contributed by atoms with Crippen LogP contribution in [0, 0.1) is 6.92 Å². The lowest BCUT2D eigenvalue weighted by Gasteiger charge is -2.23. The van der Waals surface area contributed by atoms with Crippen molar-refractivity contribution in [3.05, 3.63) is 23.8 Å². The highest BCUT2D eigenvalue weighted by Crippen LogP contribution is 2.25. The lowest BCUT2D eigenvalue weighted by Crippen LogP contribution is -2.37. The van der Waals surface area contributed by atoms with Crippen molar-refractivity contribution in [3.8, 4) is 0 Å². The molecule has 23 heavy (non-hydrogen) atoms. The number of carbonyl (C=O) groups is 1. The van der Waals surface area contributed by atoms with Crippen molar-refractivity contribution in [1.29, 1.82) is 0 Å². The number of aliphatic hydroxyl groups is 1. The van der Waals surface area contributed by atoms with E-state index in [-0.39, 0.29) is 12.6 Å². The highest BCUT2D eigenvalue weighted by Gasteiger charge is 2.16. The van der Waals surface area contributed by atoms with Gasteiger partial charge in [0.25, 0.3) is 0 Å². The fourth-order valence-electron chi connectivity index (χ4n) is 2.94. The van der Waals surface area contributed by atoms with Crippen LogP contribution in [0.3, 0.4) is 0 Å². The molecule has 0 aliphatic carbocycles. The number of nitrogens with one attached hydrogen (secondary N) is 1. The number of hydrogen-bond acceptors (Lipinski definition) is 3. The summed E-state index contributed by atoms with van der Waals surface area (Å²) in [5.41, 5.74) is 3.15. The van der Waals surface area contributed by atoms with Crippen LogP contribution in [-0.4, -0.2) is 48.8 Å². The Hall–Kier alpha value is -1.75. The Kier molecular flexibility index (Phi) is 6.71. The van der Waals surface area contributed by atoms with Gasteiger partial charge in [0.15, 0.2) is 0 Å². The number of aryl methyl sites for hydroxylation is 1. The Bertz CT molecular complexity index is 513. The van der Waals surface area contributed by atoms with E-state index in [2.05, 4.69) is 29.3 Å². The molecule has 0 unspecified atom stereocenters. The molecule has 2 rings (SSSR count). The van der Waals surface area contributed by atoms with Gasteiger partial charge in [0.05, 0.1) is 6.61 Å². The minimum atomic E-state index is -0.135. The van der Waals surface area contributed by atoms with Crippen LogP contribution in [0.15, 0.2) is 18.2 Å². The smallest absolute Gasteiger partial charge is 0.321 e. The largest absolute Gasteiger partial charge is 0.395 e. The molecule has 0 aromatic heterocycles. The summed E-state index contributed by atoms with van der Waals surface area (Å²) in [6, 6.07) is 6.07. The first-order valence-electron chi connectivity index (χ1n) is 8.68. The predicted molar refractivity (Wildman–Crippen MR) is 95.2 cm³/mol. The van der Waals surface area contributed by atoms with E-state index in [1.165, 1.54) is 18.5 Å². The maximum Gasteiger partial charge on any atom is 0.321 e. The highest BCUT2D eigenvalue weighted by molar-refractivity contribution is 5.90. The van der Waals surface area contributed by atoms with Crippen molar-refractivity contribution in [2.75, 3.05) is 43.0 Å². The fraction of sp³-hybridized carbons (Fsp3) is 0.611. The number of hydrogen-bond donors (Lipinski definition) is 2. The van der Waals surface area contributed by atoms with Gasteiger partial charge in [-0.1, -0.05) is 13.3 Å². The minimum Gasteiger partial charge on any atom is -0.395 e. The van der Waals surface area contributed by atoms with Gasteiger partial charge >= 0.3 is 6.03 Å². The third kappa shape index (κ3) is 4.86. The average molecular weight is 319 g/mol. The Morgan fingerprint density at radius 3 is 2.65 bits per heavy atom. The van der Waals surface area contributed by atoms with Gasteiger partial charge < -0.3 is 20.2 Å². The van der Waals surface area contributed by atoms with E-state index in [0.717, 1.165) is 37.2 Å². The van der Waals surface area contributed by atoms with E-state index in [0.29, 0.717) is 13.1 Å². The first kappa shape index (κ1) is 17.6. The molecule has 1 saturated heterocycles. The van der Waals surface area contributed by atoms with Gasteiger partial charge in [-0.2, -0.15) is 0 Å². The number of amides is 2. The maximum atomic E-state index is 12.4. The monoisotopic (exact) mass is 319 g/mol. The second kappa shape index (κ2) is 8.77. The summed E-state index contributed by atoms with van der Waals surface area (Å²) in [5, 5.41) is 12.1. The number of urea groups is 1. The van der Waals surface area contributed by atoms with Gasteiger partial charge in [0.2, 0.25) is 0 Å². The molecule has 1 aliphatic heterocycles. The van der Waals surface area contributed by atoms with Crippen LogP contribution in [0.4, 0.5) is 16.2 Å². The van der Waals surface area contributed by atoms with Crippen molar-refractivity contribution in [1.82, 2.24) is 4.90 Å². The number of nitrogens with zero attached hydrogens (tertiary/aromatic N) is 2. The van der Waals surface area contributed by atoms with E-state index >= 15 is 0 Å². The Morgan fingerprint density at radius 1 is 1.30 bits per heavy atom. The zero-order valence-corrected chi connectivity index (χ0v) is 14.3. The summed E-state index contributed by atoms with van der Waals surface area (Å²) in [6.45, 7) is 7.39. The summed E-state index contributed by atoms with van der Waals surface area (Å²) in [4.78, 5) is 16.5. The van der Waals surface area contributed by atoms with Crippen LogP contribution >= 0.6 is 0 Å². The van der Waals surface area contributed by atoms with Crippen LogP contribution in [-0.2, 0) is 0 Å². The van der Waals surface area contributed by atoms with Gasteiger partial charge in [-0.25, -0.2) is 4.79 Å². The SMILES string of the molecule is CCCCN(CCO)C(=O)Nc1ccc(N2CCCC2)cc1C. The molecule has 2 N–H and O–H groups in total. The van der Waals surface area contributed by atoms with Crippen molar-refractivity contribution in [3.63, 3.8) is 0 Å². The highest BCUT2D eigenvalue weighted by atomic mass is 16.3.